The Balaban J connectivity index is 1.89. The number of carbonyl (C=O) groups is 1. The van der Waals surface area contributed by atoms with E-state index in [1.54, 1.807) is 6.07 Å². The molecule has 23 heavy (non-hydrogen) atoms. The number of nitrogens with zero attached hydrogens (tertiary/aromatic N) is 1. The van der Waals surface area contributed by atoms with E-state index in [9.17, 15) is 9.59 Å². The highest BCUT2D eigenvalue weighted by Crippen LogP contribution is 2.34. The molecule has 2 aromatic heterocycles. The minimum absolute atomic E-state index is 0.0739. The van der Waals surface area contributed by atoms with E-state index in [4.69, 9.17) is 0 Å². The highest BCUT2D eigenvalue weighted by Gasteiger charge is 2.32. The molecule has 0 saturated carbocycles. The van der Waals surface area contributed by atoms with Gasteiger partial charge in [0, 0.05) is 17.7 Å². The molecule has 5 nitrogen and oxygen atoms in total. The van der Waals surface area contributed by atoms with Gasteiger partial charge in [0.25, 0.3) is 5.56 Å². The number of benzene rings is 1. The van der Waals surface area contributed by atoms with Crippen molar-refractivity contribution in [1.29, 1.82) is 0 Å². The number of ketones is 1. The smallest absolute Gasteiger partial charge is 0.259 e. The Morgan fingerprint density at radius 1 is 1.04 bits per heavy atom. The van der Waals surface area contributed by atoms with E-state index < -0.39 is 0 Å². The lowest BCUT2D eigenvalue weighted by Gasteiger charge is -2.29. The van der Waals surface area contributed by atoms with Crippen LogP contribution in [-0.4, -0.2) is 20.7 Å². The number of hydrogen-bond acceptors (Lipinski definition) is 3. The molecule has 5 heteroatoms. The maximum atomic E-state index is 12.5. The third-order valence-corrected chi connectivity index (χ3v) is 4.36. The van der Waals surface area contributed by atoms with Crippen molar-refractivity contribution in [2.45, 2.75) is 26.7 Å². The van der Waals surface area contributed by atoms with Crippen molar-refractivity contribution in [3.05, 3.63) is 51.9 Å². The first-order chi connectivity index (χ1) is 10.9. The van der Waals surface area contributed by atoms with Crippen LogP contribution < -0.4 is 5.56 Å². The SMILES string of the molecule is CC1(C)CC(=O)c2cc(-c3nc4ccccc4[nH]3)c(=O)[nH]c2C1. The monoisotopic (exact) mass is 307 g/mol. The van der Waals surface area contributed by atoms with Crippen LogP contribution in [0.15, 0.2) is 35.1 Å². The van der Waals surface area contributed by atoms with Gasteiger partial charge in [-0.1, -0.05) is 26.0 Å². The molecule has 0 radical (unpaired) electrons. The van der Waals surface area contributed by atoms with Crippen molar-refractivity contribution in [2.24, 2.45) is 5.41 Å². The van der Waals surface area contributed by atoms with Crippen molar-refractivity contribution >= 4 is 16.8 Å². The third kappa shape index (κ3) is 2.29. The van der Waals surface area contributed by atoms with E-state index in [0.29, 0.717) is 29.8 Å². The molecule has 1 aromatic carbocycles. The van der Waals surface area contributed by atoms with E-state index in [0.717, 1.165) is 16.7 Å². The van der Waals surface area contributed by atoms with Gasteiger partial charge in [-0.25, -0.2) is 4.98 Å². The molecule has 0 atom stereocenters. The van der Waals surface area contributed by atoms with Crippen LogP contribution in [0.3, 0.4) is 0 Å². The standard InChI is InChI=1S/C18H17N3O2/c1-18(2)8-14-10(15(22)9-18)7-11(17(23)21-14)16-19-12-5-3-4-6-13(12)20-16/h3-7H,8-9H2,1-2H3,(H,19,20)(H,21,23). The molecule has 2 heterocycles. The average Bonchev–Trinajstić information content (AvgIpc) is 2.88. The topological polar surface area (TPSA) is 78.6 Å². The Kier molecular flexibility index (Phi) is 2.82. The third-order valence-electron chi connectivity index (χ3n) is 4.36. The largest absolute Gasteiger partial charge is 0.338 e. The van der Waals surface area contributed by atoms with E-state index >= 15 is 0 Å². The second-order valence-corrected chi connectivity index (χ2v) is 6.95. The number of para-hydroxylation sites is 2. The first-order valence-corrected chi connectivity index (χ1v) is 7.67. The van der Waals surface area contributed by atoms with Gasteiger partial charge in [-0.3, -0.25) is 9.59 Å². The summed E-state index contributed by atoms with van der Waals surface area (Å²) < 4.78 is 0. The summed E-state index contributed by atoms with van der Waals surface area (Å²) in [6.45, 7) is 4.08. The Bertz CT molecular complexity index is 962. The molecule has 0 saturated heterocycles. The number of carbonyl (C=O) groups excluding carboxylic acids is 1. The fraction of sp³-hybridized carbons (Fsp3) is 0.278. The van der Waals surface area contributed by atoms with Crippen LogP contribution in [0.1, 0.15) is 36.3 Å². The molecule has 2 N–H and O–H groups in total. The zero-order valence-corrected chi connectivity index (χ0v) is 13.1. The average molecular weight is 307 g/mol. The van der Waals surface area contributed by atoms with Crippen molar-refractivity contribution in [3.8, 4) is 11.4 Å². The van der Waals surface area contributed by atoms with Gasteiger partial charge in [-0.05, 0) is 30.0 Å². The zero-order valence-electron chi connectivity index (χ0n) is 13.1. The number of hydrogen-bond donors (Lipinski definition) is 2. The molecule has 3 aromatic rings. The van der Waals surface area contributed by atoms with Crippen LogP contribution in [-0.2, 0) is 6.42 Å². The minimum Gasteiger partial charge on any atom is -0.338 e. The summed E-state index contributed by atoms with van der Waals surface area (Å²) in [6.07, 6.45) is 1.19. The number of rotatable bonds is 1. The summed E-state index contributed by atoms with van der Waals surface area (Å²) in [5.74, 6) is 0.567. The quantitative estimate of drug-likeness (QED) is 0.725. The van der Waals surface area contributed by atoms with Crippen LogP contribution in [0.2, 0.25) is 0 Å². The van der Waals surface area contributed by atoms with E-state index in [-0.39, 0.29) is 16.8 Å². The zero-order chi connectivity index (χ0) is 16.2. The first-order valence-electron chi connectivity index (χ1n) is 7.67. The maximum absolute atomic E-state index is 12.5. The molecule has 0 spiro atoms. The van der Waals surface area contributed by atoms with Crippen molar-refractivity contribution in [1.82, 2.24) is 15.0 Å². The Labute approximate surface area is 132 Å². The lowest BCUT2D eigenvalue weighted by Crippen LogP contribution is -2.30. The number of fused-ring (bicyclic) bond motifs is 2. The van der Waals surface area contributed by atoms with Crippen LogP contribution in [0.4, 0.5) is 0 Å². The van der Waals surface area contributed by atoms with E-state index in [2.05, 4.69) is 15.0 Å². The first kappa shape index (κ1) is 13.9. The molecule has 0 amide bonds. The fourth-order valence-electron chi connectivity index (χ4n) is 3.28. The minimum atomic E-state index is -0.215. The molecule has 4 rings (SSSR count). The van der Waals surface area contributed by atoms with Gasteiger partial charge in [0.15, 0.2) is 5.78 Å². The summed E-state index contributed by atoms with van der Waals surface area (Å²) in [5.41, 5.74) is 3.09. The molecule has 0 unspecified atom stereocenters. The maximum Gasteiger partial charge on any atom is 0.259 e. The molecule has 1 aliphatic carbocycles. The molecule has 0 fully saturated rings. The number of aromatic nitrogens is 3. The number of pyridine rings is 1. The molecule has 1 aliphatic rings. The number of imidazole rings is 1. The van der Waals surface area contributed by atoms with Crippen LogP contribution in [0.5, 0.6) is 0 Å². The van der Waals surface area contributed by atoms with Gasteiger partial charge in [0.2, 0.25) is 0 Å². The Morgan fingerprint density at radius 2 is 1.83 bits per heavy atom. The van der Waals surface area contributed by atoms with Gasteiger partial charge in [-0.15, -0.1) is 0 Å². The van der Waals surface area contributed by atoms with Crippen LogP contribution in [0, 0.1) is 5.41 Å². The van der Waals surface area contributed by atoms with Crippen LogP contribution in [0.25, 0.3) is 22.4 Å². The van der Waals surface area contributed by atoms with E-state index in [1.807, 2.05) is 38.1 Å². The Morgan fingerprint density at radius 3 is 2.61 bits per heavy atom. The lowest BCUT2D eigenvalue weighted by molar-refractivity contribution is 0.0910. The number of H-pyrrole nitrogens is 2. The van der Waals surface area contributed by atoms with Gasteiger partial charge < -0.3 is 9.97 Å². The van der Waals surface area contributed by atoms with Gasteiger partial charge in [0.1, 0.15) is 5.82 Å². The number of aromatic amines is 2. The summed E-state index contributed by atoms with van der Waals surface area (Å²) in [4.78, 5) is 35.4. The second kappa shape index (κ2) is 4.65. The van der Waals surface area contributed by atoms with Gasteiger partial charge in [-0.2, -0.15) is 0 Å². The summed E-state index contributed by atoms with van der Waals surface area (Å²) >= 11 is 0. The van der Waals surface area contributed by atoms with Gasteiger partial charge in [0.05, 0.1) is 16.6 Å². The van der Waals surface area contributed by atoms with Crippen molar-refractivity contribution in [2.75, 3.05) is 0 Å². The molecular formula is C18H17N3O2. The fourth-order valence-corrected chi connectivity index (χ4v) is 3.28. The van der Waals surface area contributed by atoms with E-state index in [1.165, 1.54) is 0 Å². The summed E-state index contributed by atoms with van der Waals surface area (Å²) in [5, 5.41) is 0. The van der Waals surface area contributed by atoms with Gasteiger partial charge >= 0.3 is 0 Å². The summed E-state index contributed by atoms with van der Waals surface area (Å²) in [7, 11) is 0. The molecule has 0 bridgehead atoms. The lowest BCUT2D eigenvalue weighted by atomic mass is 9.75. The predicted molar refractivity (Wildman–Crippen MR) is 88.6 cm³/mol. The molecule has 0 aliphatic heterocycles. The Hall–Kier alpha value is -2.69. The normalized spacial score (nSPS) is 16.5. The number of Topliss-reactive ketones (excluding diaryl/α,β-unsaturated/α-hetero) is 1. The van der Waals surface area contributed by atoms with Crippen molar-refractivity contribution < 1.29 is 4.79 Å². The highest BCUT2D eigenvalue weighted by molar-refractivity contribution is 5.99. The van der Waals surface area contributed by atoms with Crippen molar-refractivity contribution in [3.63, 3.8) is 0 Å². The second-order valence-electron chi connectivity index (χ2n) is 6.95. The summed E-state index contributed by atoms with van der Waals surface area (Å²) in [6, 6.07) is 9.29. The van der Waals surface area contributed by atoms with Crippen LogP contribution >= 0.6 is 0 Å². The molecular weight excluding hydrogens is 290 g/mol. The predicted octanol–water partition coefficient (Wildman–Crippen LogP) is 3.07. The molecule has 116 valence electrons. The number of nitrogens with one attached hydrogen (secondary N) is 2. The highest BCUT2D eigenvalue weighted by atomic mass is 16.1.